The van der Waals surface area contributed by atoms with Crippen LogP contribution in [0.5, 0.6) is 0 Å². The third kappa shape index (κ3) is 4.02. The fourth-order valence-electron chi connectivity index (χ4n) is 2.11. The maximum absolute atomic E-state index is 5.96. The van der Waals surface area contributed by atoms with Gasteiger partial charge in [-0.2, -0.15) is 0 Å². The van der Waals surface area contributed by atoms with Gasteiger partial charge >= 0.3 is 0 Å². The van der Waals surface area contributed by atoms with Crippen molar-refractivity contribution in [3.8, 4) is 0 Å². The fraction of sp³-hybridized carbons (Fsp3) is 0.429. The van der Waals surface area contributed by atoms with Gasteiger partial charge in [-0.25, -0.2) is 0 Å². The molecular weight excluding hydrogens is 253 g/mol. The third-order valence-electron chi connectivity index (χ3n) is 3.09. The van der Waals surface area contributed by atoms with Crippen LogP contribution in [0.2, 0.25) is 10.0 Å². The molecule has 0 aromatic heterocycles. The number of nitrogens with one attached hydrogen (secondary N) is 1. The van der Waals surface area contributed by atoms with E-state index >= 15 is 0 Å². The second kappa shape index (κ2) is 6.44. The summed E-state index contributed by atoms with van der Waals surface area (Å²) in [5.74, 6) is 0. The Hall–Kier alpha value is -0.500. The van der Waals surface area contributed by atoms with Crippen molar-refractivity contribution in [2.45, 2.75) is 31.7 Å². The lowest BCUT2D eigenvalue weighted by atomic mass is 10.0. The minimum atomic E-state index is 0.609. The molecule has 1 aromatic rings. The molecule has 17 heavy (non-hydrogen) atoms. The summed E-state index contributed by atoms with van der Waals surface area (Å²) in [5.41, 5.74) is 1.11. The van der Waals surface area contributed by atoms with Crippen LogP contribution in [-0.4, -0.2) is 12.6 Å². The standard InChI is InChI=1S/C14H17Cl2N/c15-13-8-7-11(10-14(13)16)4-3-6-12-5-1-2-9-17-12/h3-4,7-8,10,12,17H,1-2,5-6,9H2. The number of hydrogen-bond acceptors (Lipinski definition) is 1. The number of hydrogen-bond donors (Lipinski definition) is 1. The molecule has 1 N–H and O–H groups in total. The predicted molar refractivity (Wildman–Crippen MR) is 75.8 cm³/mol. The summed E-state index contributed by atoms with van der Waals surface area (Å²) in [6.07, 6.45) is 9.35. The zero-order valence-electron chi connectivity index (χ0n) is 9.76. The predicted octanol–water partition coefficient (Wildman–Crippen LogP) is 4.54. The van der Waals surface area contributed by atoms with Gasteiger partial charge in [0.25, 0.3) is 0 Å². The molecule has 1 saturated heterocycles. The van der Waals surface area contributed by atoms with Crippen molar-refractivity contribution in [1.82, 2.24) is 5.32 Å². The van der Waals surface area contributed by atoms with Gasteiger partial charge in [0.05, 0.1) is 10.0 Å². The van der Waals surface area contributed by atoms with Crippen LogP contribution in [-0.2, 0) is 0 Å². The van der Waals surface area contributed by atoms with Gasteiger partial charge in [-0.15, -0.1) is 0 Å². The van der Waals surface area contributed by atoms with E-state index in [0.717, 1.165) is 18.5 Å². The molecule has 0 aliphatic carbocycles. The molecule has 0 bridgehead atoms. The Labute approximate surface area is 113 Å². The van der Waals surface area contributed by atoms with Gasteiger partial charge in [0.2, 0.25) is 0 Å². The van der Waals surface area contributed by atoms with E-state index in [0.29, 0.717) is 16.1 Å². The number of benzene rings is 1. The Morgan fingerprint density at radius 3 is 2.82 bits per heavy atom. The molecule has 3 heteroatoms. The van der Waals surface area contributed by atoms with Gasteiger partial charge in [0.15, 0.2) is 0 Å². The highest BCUT2D eigenvalue weighted by molar-refractivity contribution is 6.42. The average Bonchev–Trinajstić information content (AvgIpc) is 2.35. The quantitative estimate of drug-likeness (QED) is 0.850. The summed E-state index contributed by atoms with van der Waals surface area (Å²) in [5, 5.41) is 4.75. The van der Waals surface area contributed by atoms with Gasteiger partial charge in [-0.1, -0.05) is 47.8 Å². The molecule has 1 fully saturated rings. The molecule has 0 radical (unpaired) electrons. The molecule has 2 rings (SSSR count). The molecule has 1 atom stereocenters. The van der Waals surface area contributed by atoms with Crippen molar-refractivity contribution in [2.75, 3.05) is 6.54 Å². The first-order chi connectivity index (χ1) is 8.25. The third-order valence-corrected chi connectivity index (χ3v) is 3.83. The van der Waals surface area contributed by atoms with E-state index in [-0.39, 0.29) is 0 Å². The molecule has 0 amide bonds. The van der Waals surface area contributed by atoms with Crippen LogP contribution in [0.15, 0.2) is 24.3 Å². The average molecular weight is 270 g/mol. The molecule has 92 valence electrons. The minimum Gasteiger partial charge on any atom is -0.314 e. The van der Waals surface area contributed by atoms with E-state index < -0.39 is 0 Å². The highest BCUT2D eigenvalue weighted by atomic mass is 35.5. The molecule has 1 aromatic carbocycles. The Morgan fingerprint density at radius 1 is 1.24 bits per heavy atom. The normalized spacial score (nSPS) is 20.9. The largest absolute Gasteiger partial charge is 0.314 e. The van der Waals surface area contributed by atoms with Crippen LogP contribution in [0.4, 0.5) is 0 Å². The van der Waals surface area contributed by atoms with Crippen molar-refractivity contribution in [1.29, 1.82) is 0 Å². The smallest absolute Gasteiger partial charge is 0.0598 e. The SMILES string of the molecule is Clc1ccc(C=CCC2CCCCN2)cc1Cl. The fourth-order valence-corrected chi connectivity index (χ4v) is 2.42. The van der Waals surface area contributed by atoms with Gasteiger partial charge in [0.1, 0.15) is 0 Å². The van der Waals surface area contributed by atoms with E-state index in [1.165, 1.54) is 19.3 Å². The van der Waals surface area contributed by atoms with E-state index in [1.54, 1.807) is 0 Å². The molecule has 0 spiro atoms. The lowest BCUT2D eigenvalue weighted by molar-refractivity contribution is 0.404. The maximum atomic E-state index is 5.96. The lowest BCUT2D eigenvalue weighted by Crippen LogP contribution is -2.33. The van der Waals surface area contributed by atoms with E-state index in [1.807, 2.05) is 18.2 Å². The highest BCUT2D eigenvalue weighted by Crippen LogP contribution is 2.23. The molecule has 1 unspecified atom stereocenters. The monoisotopic (exact) mass is 269 g/mol. The van der Waals surface area contributed by atoms with Crippen molar-refractivity contribution in [3.05, 3.63) is 39.9 Å². The second-order valence-electron chi connectivity index (χ2n) is 4.46. The first-order valence-electron chi connectivity index (χ1n) is 6.10. The van der Waals surface area contributed by atoms with Gasteiger partial charge in [-0.3, -0.25) is 0 Å². The van der Waals surface area contributed by atoms with Crippen LogP contribution in [0.25, 0.3) is 6.08 Å². The van der Waals surface area contributed by atoms with Crippen LogP contribution in [0, 0.1) is 0 Å². The summed E-state index contributed by atoms with van der Waals surface area (Å²) < 4.78 is 0. The first kappa shape index (κ1) is 12.9. The van der Waals surface area contributed by atoms with Crippen molar-refractivity contribution in [2.24, 2.45) is 0 Å². The summed E-state index contributed by atoms with van der Waals surface area (Å²) >= 11 is 11.8. The Morgan fingerprint density at radius 2 is 2.12 bits per heavy atom. The van der Waals surface area contributed by atoms with Gasteiger partial charge < -0.3 is 5.32 Å². The Kier molecular flexibility index (Phi) is 4.90. The van der Waals surface area contributed by atoms with Gasteiger partial charge in [0, 0.05) is 6.04 Å². The second-order valence-corrected chi connectivity index (χ2v) is 5.27. The van der Waals surface area contributed by atoms with Crippen LogP contribution in [0.3, 0.4) is 0 Å². The zero-order valence-corrected chi connectivity index (χ0v) is 11.3. The molecule has 1 aliphatic rings. The van der Waals surface area contributed by atoms with Crippen molar-refractivity contribution < 1.29 is 0 Å². The van der Waals surface area contributed by atoms with E-state index in [4.69, 9.17) is 23.2 Å². The summed E-state index contributed by atoms with van der Waals surface area (Å²) in [6, 6.07) is 6.36. The van der Waals surface area contributed by atoms with Crippen LogP contribution in [0.1, 0.15) is 31.2 Å². The number of rotatable bonds is 3. The van der Waals surface area contributed by atoms with Crippen LogP contribution >= 0.6 is 23.2 Å². The summed E-state index contributed by atoms with van der Waals surface area (Å²) in [4.78, 5) is 0. The molecule has 1 aliphatic heterocycles. The maximum Gasteiger partial charge on any atom is 0.0598 e. The van der Waals surface area contributed by atoms with Crippen molar-refractivity contribution >= 4 is 29.3 Å². The van der Waals surface area contributed by atoms with E-state index in [9.17, 15) is 0 Å². The van der Waals surface area contributed by atoms with Crippen molar-refractivity contribution in [3.63, 3.8) is 0 Å². The zero-order chi connectivity index (χ0) is 12.1. The Balaban J connectivity index is 1.88. The summed E-state index contributed by atoms with van der Waals surface area (Å²) in [6.45, 7) is 1.16. The molecule has 1 heterocycles. The Bertz CT molecular complexity index is 395. The highest BCUT2D eigenvalue weighted by Gasteiger charge is 2.09. The first-order valence-corrected chi connectivity index (χ1v) is 6.86. The molecular formula is C14H17Cl2N. The summed E-state index contributed by atoms with van der Waals surface area (Å²) in [7, 11) is 0. The van der Waals surface area contributed by atoms with E-state index in [2.05, 4.69) is 17.5 Å². The topological polar surface area (TPSA) is 12.0 Å². The number of halogens is 2. The minimum absolute atomic E-state index is 0.609. The molecule has 0 saturated carbocycles. The number of piperidine rings is 1. The van der Waals surface area contributed by atoms with Crippen LogP contribution < -0.4 is 5.32 Å². The lowest BCUT2D eigenvalue weighted by Gasteiger charge is -2.21. The van der Waals surface area contributed by atoms with Gasteiger partial charge in [-0.05, 0) is 43.5 Å². The molecule has 1 nitrogen and oxygen atoms in total.